The van der Waals surface area contributed by atoms with Gasteiger partial charge in [0.15, 0.2) is 0 Å². The van der Waals surface area contributed by atoms with Crippen LogP contribution >= 0.6 is 15.9 Å². The van der Waals surface area contributed by atoms with E-state index < -0.39 is 0 Å². The highest BCUT2D eigenvalue weighted by molar-refractivity contribution is 9.10. The average Bonchev–Trinajstić information content (AvgIpc) is 2.38. The smallest absolute Gasteiger partial charge is 0.307 e. The van der Waals surface area contributed by atoms with Gasteiger partial charge in [-0.05, 0) is 41.1 Å². The van der Waals surface area contributed by atoms with Gasteiger partial charge in [-0.25, -0.2) is 0 Å². The predicted octanol–water partition coefficient (Wildman–Crippen LogP) is 2.06. The zero-order chi connectivity index (χ0) is 14.4. The number of anilines is 1. The van der Waals surface area contributed by atoms with E-state index >= 15 is 0 Å². The number of halogens is 1. The highest BCUT2D eigenvalue weighted by Gasteiger charge is 2.14. The van der Waals surface area contributed by atoms with Crippen LogP contribution in [0.15, 0.2) is 22.7 Å². The third kappa shape index (κ3) is 4.55. The maximum absolute atomic E-state index is 12.1. The quantitative estimate of drug-likeness (QED) is 0.663. The first-order valence-electron chi connectivity index (χ1n) is 5.91. The molecule has 6 heteroatoms. The summed E-state index contributed by atoms with van der Waals surface area (Å²) in [6.07, 6.45) is 0.183. The van der Waals surface area contributed by atoms with E-state index in [2.05, 4.69) is 15.9 Å². The summed E-state index contributed by atoms with van der Waals surface area (Å²) in [7, 11) is 1.64. The van der Waals surface area contributed by atoms with Crippen LogP contribution in [-0.2, 0) is 9.53 Å². The zero-order valence-corrected chi connectivity index (χ0v) is 12.6. The molecule has 5 nitrogen and oxygen atoms in total. The van der Waals surface area contributed by atoms with E-state index in [1.165, 1.54) is 4.90 Å². The third-order valence-corrected chi connectivity index (χ3v) is 3.27. The van der Waals surface area contributed by atoms with Gasteiger partial charge in [-0.1, -0.05) is 0 Å². The summed E-state index contributed by atoms with van der Waals surface area (Å²) < 4.78 is 5.56. The van der Waals surface area contributed by atoms with E-state index in [9.17, 15) is 9.59 Å². The van der Waals surface area contributed by atoms with E-state index in [1.807, 2.05) is 0 Å². The fraction of sp³-hybridized carbons (Fsp3) is 0.385. The van der Waals surface area contributed by atoms with Crippen LogP contribution in [0, 0.1) is 0 Å². The molecule has 0 spiro atoms. The van der Waals surface area contributed by atoms with Gasteiger partial charge in [0.05, 0.1) is 13.0 Å². The molecule has 0 aliphatic rings. The fourth-order valence-corrected chi connectivity index (χ4v) is 1.74. The number of esters is 1. The lowest BCUT2D eigenvalue weighted by molar-refractivity contribution is -0.143. The van der Waals surface area contributed by atoms with Gasteiger partial charge in [0.25, 0.3) is 5.91 Å². The van der Waals surface area contributed by atoms with Crippen LogP contribution in [0.2, 0.25) is 0 Å². The topological polar surface area (TPSA) is 72.6 Å². The molecular formula is C13H17BrN2O3. The summed E-state index contributed by atoms with van der Waals surface area (Å²) in [5.74, 6) is -0.485. The first-order valence-corrected chi connectivity index (χ1v) is 6.71. The molecule has 0 aromatic heterocycles. The molecule has 0 saturated heterocycles. The summed E-state index contributed by atoms with van der Waals surface area (Å²) in [5, 5.41) is 0. The van der Waals surface area contributed by atoms with Gasteiger partial charge >= 0.3 is 5.97 Å². The van der Waals surface area contributed by atoms with Crippen molar-refractivity contribution in [2.24, 2.45) is 0 Å². The molecule has 1 aromatic carbocycles. The minimum absolute atomic E-state index is 0.177. The molecule has 104 valence electrons. The molecule has 1 aromatic rings. The Balaban J connectivity index is 2.61. The lowest BCUT2D eigenvalue weighted by atomic mass is 10.2. The normalized spacial score (nSPS) is 10.1. The fourth-order valence-electron chi connectivity index (χ4n) is 1.49. The van der Waals surface area contributed by atoms with Crippen LogP contribution in [0.1, 0.15) is 23.7 Å². The number of carbonyl (C=O) groups excluding carboxylic acids is 2. The monoisotopic (exact) mass is 328 g/mol. The Bertz CT molecular complexity index is 477. The Morgan fingerprint density at radius 1 is 1.42 bits per heavy atom. The van der Waals surface area contributed by atoms with Crippen molar-refractivity contribution in [3.05, 3.63) is 28.2 Å². The number of rotatable bonds is 5. The van der Waals surface area contributed by atoms with Crippen LogP contribution in [0.4, 0.5) is 5.69 Å². The van der Waals surface area contributed by atoms with Gasteiger partial charge in [0, 0.05) is 29.3 Å². The molecule has 19 heavy (non-hydrogen) atoms. The number of hydrogen-bond donors (Lipinski definition) is 1. The summed E-state index contributed by atoms with van der Waals surface area (Å²) in [6.45, 7) is 2.41. The maximum Gasteiger partial charge on any atom is 0.307 e. The maximum atomic E-state index is 12.1. The Hall–Kier alpha value is -1.56. The number of amides is 1. The van der Waals surface area contributed by atoms with Gasteiger partial charge in [-0.2, -0.15) is 0 Å². The molecule has 0 bridgehead atoms. The van der Waals surface area contributed by atoms with Gasteiger partial charge in [0.2, 0.25) is 0 Å². The van der Waals surface area contributed by atoms with E-state index in [4.69, 9.17) is 10.5 Å². The number of ether oxygens (including phenoxy) is 1. The lowest BCUT2D eigenvalue weighted by Gasteiger charge is -2.17. The Kier molecular flexibility index (Phi) is 5.82. The van der Waals surface area contributed by atoms with Crippen LogP contribution in [0.3, 0.4) is 0 Å². The van der Waals surface area contributed by atoms with Crippen molar-refractivity contribution < 1.29 is 14.3 Å². The first kappa shape index (κ1) is 15.5. The second-order valence-electron chi connectivity index (χ2n) is 4.02. The average molecular weight is 329 g/mol. The molecule has 0 heterocycles. The van der Waals surface area contributed by atoms with Gasteiger partial charge in [-0.3, -0.25) is 9.59 Å². The molecule has 0 unspecified atom stereocenters. The standard InChI is InChI=1S/C13H17BrN2O3/c1-3-19-12(17)6-7-16(2)13(18)9-4-5-10(14)11(15)8-9/h4-5,8H,3,6-7,15H2,1-2H3. The Labute approximate surface area is 120 Å². The molecule has 1 amide bonds. The molecule has 0 fully saturated rings. The third-order valence-electron chi connectivity index (χ3n) is 2.55. The summed E-state index contributed by atoms with van der Waals surface area (Å²) >= 11 is 3.27. The van der Waals surface area contributed by atoms with Crippen LogP contribution in [0.25, 0.3) is 0 Å². The van der Waals surface area contributed by atoms with E-state index in [1.54, 1.807) is 32.2 Å². The SMILES string of the molecule is CCOC(=O)CCN(C)C(=O)c1ccc(Br)c(N)c1. The highest BCUT2D eigenvalue weighted by atomic mass is 79.9. The van der Waals surface area contributed by atoms with E-state index in [0.717, 1.165) is 4.47 Å². The summed E-state index contributed by atoms with van der Waals surface area (Å²) in [4.78, 5) is 24.8. The molecule has 2 N–H and O–H groups in total. The van der Waals surface area contributed by atoms with Gasteiger partial charge in [-0.15, -0.1) is 0 Å². The number of nitrogen functional groups attached to an aromatic ring is 1. The van der Waals surface area contributed by atoms with Crippen molar-refractivity contribution in [2.75, 3.05) is 25.9 Å². The molecule has 0 aliphatic carbocycles. The van der Waals surface area contributed by atoms with Crippen molar-refractivity contribution >= 4 is 33.5 Å². The minimum Gasteiger partial charge on any atom is -0.466 e. The molecule has 0 radical (unpaired) electrons. The number of nitrogens with two attached hydrogens (primary N) is 1. The van der Waals surface area contributed by atoms with Gasteiger partial charge in [0.1, 0.15) is 0 Å². The molecule has 1 rings (SSSR count). The van der Waals surface area contributed by atoms with Crippen LogP contribution in [-0.4, -0.2) is 37.0 Å². The number of benzene rings is 1. The Morgan fingerprint density at radius 2 is 2.11 bits per heavy atom. The largest absolute Gasteiger partial charge is 0.466 e. The number of nitrogens with zero attached hydrogens (tertiary/aromatic N) is 1. The minimum atomic E-state index is -0.308. The highest BCUT2D eigenvalue weighted by Crippen LogP contribution is 2.20. The van der Waals surface area contributed by atoms with E-state index in [-0.39, 0.29) is 18.3 Å². The number of hydrogen-bond acceptors (Lipinski definition) is 4. The molecular weight excluding hydrogens is 312 g/mol. The molecule has 0 atom stereocenters. The second kappa shape index (κ2) is 7.13. The van der Waals surface area contributed by atoms with Gasteiger partial charge < -0.3 is 15.4 Å². The van der Waals surface area contributed by atoms with Crippen LogP contribution < -0.4 is 5.73 Å². The zero-order valence-electron chi connectivity index (χ0n) is 11.0. The predicted molar refractivity (Wildman–Crippen MR) is 76.8 cm³/mol. The van der Waals surface area contributed by atoms with Crippen molar-refractivity contribution in [3.8, 4) is 0 Å². The second-order valence-corrected chi connectivity index (χ2v) is 4.87. The van der Waals surface area contributed by atoms with Crippen molar-refractivity contribution in [3.63, 3.8) is 0 Å². The summed E-state index contributed by atoms with van der Waals surface area (Å²) in [6, 6.07) is 5.01. The first-order chi connectivity index (χ1) is 8.95. The van der Waals surface area contributed by atoms with Crippen molar-refractivity contribution in [1.82, 2.24) is 4.90 Å². The molecule has 0 aliphatic heterocycles. The Morgan fingerprint density at radius 3 is 2.68 bits per heavy atom. The van der Waals surface area contributed by atoms with Crippen molar-refractivity contribution in [2.45, 2.75) is 13.3 Å². The molecule has 0 saturated carbocycles. The van der Waals surface area contributed by atoms with Crippen LogP contribution in [0.5, 0.6) is 0 Å². The summed E-state index contributed by atoms with van der Waals surface area (Å²) in [5.41, 5.74) is 6.73. The number of carbonyl (C=O) groups is 2. The van der Waals surface area contributed by atoms with Crippen molar-refractivity contribution in [1.29, 1.82) is 0 Å². The lowest BCUT2D eigenvalue weighted by Crippen LogP contribution is -2.29. The van der Waals surface area contributed by atoms with E-state index in [0.29, 0.717) is 24.4 Å².